The van der Waals surface area contributed by atoms with Gasteiger partial charge < -0.3 is 15.3 Å². The minimum atomic E-state index is -4.76. The van der Waals surface area contributed by atoms with Crippen LogP contribution in [0.5, 0.6) is 0 Å². The van der Waals surface area contributed by atoms with Gasteiger partial charge in [-0.15, -0.1) is 0 Å². The van der Waals surface area contributed by atoms with Crippen LogP contribution >= 0.6 is 0 Å². The molecule has 3 aromatic rings. The second-order valence-electron chi connectivity index (χ2n) is 11.1. The number of benzene rings is 3. The number of carboxylic acids is 1. The Morgan fingerprint density at radius 2 is 1.66 bits per heavy atom. The lowest BCUT2D eigenvalue weighted by Gasteiger charge is -2.35. The molecule has 0 radical (unpaired) electrons. The molecule has 44 heavy (non-hydrogen) atoms. The summed E-state index contributed by atoms with van der Waals surface area (Å²) in [6, 6.07) is 14.7. The number of alkyl halides is 3. The second kappa shape index (κ2) is 12.9. The van der Waals surface area contributed by atoms with Gasteiger partial charge in [-0.05, 0) is 86.4 Å². The summed E-state index contributed by atoms with van der Waals surface area (Å²) in [6.45, 7) is 0.562. The van der Waals surface area contributed by atoms with Crippen LogP contribution in [-0.2, 0) is 32.3 Å². The smallest absolute Gasteiger partial charge is 0.416 e. The molecule has 1 aliphatic rings. The van der Waals surface area contributed by atoms with Gasteiger partial charge in [-0.25, -0.2) is 12.8 Å². The maximum absolute atomic E-state index is 14.4. The number of carbonyl (C=O) groups excluding carboxylic acids is 1. The normalized spacial score (nSPS) is 19.0. The van der Waals surface area contributed by atoms with E-state index < -0.39 is 62.9 Å². The van der Waals surface area contributed by atoms with E-state index in [-0.39, 0.29) is 17.4 Å². The fourth-order valence-electron chi connectivity index (χ4n) is 5.63. The number of halogens is 4. The first-order valence-electron chi connectivity index (χ1n) is 13.8. The van der Waals surface area contributed by atoms with Gasteiger partial charge in [0.05, 0.1) is 33.7 Å². The standard InChI is InChI=1S/C31H33F4N3O5S/c1-37(2)18-19-6-4-7-23(16-19)44(42,43)38(3)22-13-10-20(11-14-22)24-8-5-9-25(28(24)30(40)41)29(39)36-27-15-12-21(17-26(27)32)31(33,34)35/h4,6-7,10-17,24-25,28H,5,8-9,18H2,1-3H3,(H,36,39)(H,40,41)/t24-,25-,28-/m1/s1. The maximum atomic E-state index is 14.4. The monoisotopic (exact) mass is 635 g/mol. The highest BCUT2D eigenvalue weighted by atomic mass is 32.2. The molecule has 3 atom stereocenters. The largest absolute Gasteiger partial charge is 0.481 e. The lowest BCUT2D eigenvalue weighted by molar-refractivity contribution is -0.148. The van der Waals surface area contributed by atoms with Crippen molar-refractivity contribution in [3.8, 4) is 0 Å². The first-order chi connectivity index (χ1) is 20.6. The Balaban J connectivity index is 1.54. The highest BCUT2D eigenvalue weighted by molar-refractivity contribution is 7.92. The van der Waals surface area contributed by atoms with Gasteiger partial charge in [-0.2, -0.15) is 13.2 Å². The third-order valence-corrected chi connectivity index (χ3v) is 9.60. The van der Waals surface area contributed by atoms with Crippen molar-refractivity contribution >= 4 is 33.3 Å². The number of nitrogens with zero attached hydrogens (tertiary/aromatic N) is 2. The predicted octanol–water partition coefficient (Wildman–Crippen LogP) is 5.95. The first kappa shape index (κ1) is 32.9. The van der Waals surface area contributed by atoms with Crippen LogP contribution in [0.4, 0.5) is 28.9 Å². The molecule has 3 aromatic carbocycles. The lowest BCUT2D eigenvalue weighted by atomic mass is 9.69. The molecule has 0 aliphatic heterocycles. The molecule has 1 aliphatic carbocycles. The highest BCUT2D eigenvalue weighted by Gasteiger charge is 2.43. The number of amides is 1. The summed E-state index contributed by atoms with van der Waals surface area (Å²) >= 11 is 0. The zero-order valence-electron chi connectivity index (χ0n) is 24.3. The van der Waals surface area contributed by atoms with Crippen molar-refractivity contribution in [1.82, 2.24) is 4.90 Å². The van der Waals surface area contributed by atoms with E-state index in [0.717, 1.165) is 15.9 Å². The van der Waals surface area contributed by atoms with Gasteiger partial charge in [-0.3, -0.25) is 13.9 Å². The van der Waals surface area contributed by atoms with Gasteiger partial charge in [0.1, 0.15) is 5.82 Å². The molecular formula is C31H33F4N3O5S. The van der Waals surface area contributed by atoms with E-state index in [9.17, 15) is 40.7 Å². The summed E-state index contributed by atoms with van der Waals surface area (Å²) in [6.07, 6.45) is -3.67. The molecule has 1 amide bonds. The fourth-order valence-corrected chi connectivity index (χ4v) is 6.89. The van der Waals surface area contributed by atoms with Gasteiger partial charge in [0.25, 0.3) is 10.0 Å². The van der Waals surface area contributed by atoms with Crippen LogP contribution in [0.1, 0.15) is 41.9 Å². The Labute approximate surface area is 253 Å². The van der Waals surface area contributed by atoms with Crippen molar-refractivity contribution in [2.45, 2.75) is 42.8 Å². The molecule has 236 valence electrons. The molecule has 8 nitrogen and oxygen atoms in total. The van der Waals surface area contributed by atoms with Crippen molar-refractivity contribution in [2.24, 2.45) is 11.8 Å². The number of anilines is 2. The zero-order chi connectivity index (χ0) is 32.4. The number of carboxylic acid groups (broad SMARTS) is 1. The third-order valence-electron chi connectivity index (χ3n) is 7.81. The summed E-state index contributed by atoms with van der Waals surface area (Å²) in [7, 11) is 1.28. The molecule has 1 saturated carbocycles. The summed E-state index contributed by atoms with van der Waals surface area (Å²) in [5.74, 6) is -6.23. The Bertz CT molecular complexity index is 1630. The summed E-state index contributed by atoms with van der Waals surface area (Å²) in [5.41, 5.74) is 0.0696. The summed E-state index contributed by atoms with van der Waals surface area (Å²) in [4.78, 5) is 27.6. The Kier molecular flexibility index (Phi) is 9.69. The minimum absolute atomic E-state index is 0.125. The van der Waals surface area contributed by atoms with Gasteiger partial charge in [0.2, 0.25) is 5.91 Å². The van der Waals surface area contributed by atoms with Crippen LogP contribution < -0.4 is 9.62 Å². The molecule has 4 rings (SSSR count). The van der Waals surface area contributed by atoms with Gasteiger partial charge in [-0.1, -0.05) is 30.7 Å². The molecule has 0 unspecified atom stereocenters. The van der Waals surface area contributed by atoms with E-state index in [1.54, 1.807) is 36.4 Å². The highest BCUT2D eigenvalue weighted by Crippen LogP contribution is 2.43. The van der Waals surface area contributed by atoms with E-state index in [4.69, 9.17) is 0 Å². The van der Waals surface area contributed by atoms with Crippen LogP contribution in [0.3, 0.4) is 0 Å². The Hall–Kier alpha value is -3.97. The number of hydrogen-bond acceptors (Lipinski definition) is 5. The molecule has 0 aromatic heterocycles. The van der Waals surface area contributed by atoms with Crippen LogP contribution in [0.2, 0.25) is 0 Å². The van der Waals surface area contributed by atoms with E-state index in [1.165, 1.54) is 13.1 Å². The van der Waals surface area contributed by atoms with E-state index in [2.05, 4.69) is 5.32 Å². The number of carbonyl (C=O) groups is 2. The number of rotatable bonds is 9. The van der Waals surface area contributed by atoms with Gasteiger partial charge >= 0.3 is 12.1 Å². The Morgan fingerprint density at radius 1 is 0.977 bits per heavy atom. The van der Waals surface area contributed by atoms with Crippen LogP contribution in [-0.4, -0.2) is 51.4 Å². The molecule has 0 spiro atoms. The van der Waals surface area contributed by atoms with E-state index in [0.29, 0.717) is 36.7 Å². The van der Waals surface area contributed by atoms with Crippen molar-refractivity contribution in [1.29, 1.82) is 0 Å². The second-order valence-corrected chi connectivity index (χ2v) is 13.1. The zero-order valence-corrected chi connectivity index (χ0v) is 25.1. The van der Waals surface area contributed by atoms with Crippen LogP contribution in [0, 0.1) is 17.7 Å². The lowest BCUT2D eigenvalue weighted by Crippen LogP contribution is -2.40. The van der Waals surface area contributed by atoms with Gasteiger partial charge in [0, 0.05) is 13.6 Å². The van der Waals surface area contributed by atoms with Crippen LogP contribution in [0.25, 0.3) is 0 Å². The summed E-state index contributed by atoms with van der Waals surface area (Å²) < 4.78 is 81.0. The van der Waals surface area contributed by atoms with Crippen molar-refractivity contribution in [2.75, 3.05) is 30.8 Å². The average Bonchev–Trinajstić information content (AvgIpc) is 2.96. The van der Waals surface area contributed by atoms with E-state index in [1.807, 2.05) is 25.1 Å². The Morgan fingerprint density at radius 3 is 2.25 bits per heavy atom. The van der Waals surface area contributed by atoms with Crippen LogP contribution in [0.15, 0.2) is 71.6 Å². The van der Waals surface area contributed by atoms with Crippen molar-refractivity contribution in [3.05, 3.63) is 89.2 Å². The predicted molar refractivity (Wildman–Crippen MR) is 157 cm³/mol. The van der Waals surface area contributed by atoms with Crippen molar-refractivity contribution in [3.63, 3.8) is 0 Å². The molecule has 1 fully saturated rings. The average molecular weight is 636 g/mol. The quantitative estimate of drug-likeness (QED) is 0.282. The molecule has 0 saturated heterocycles. The SMILES string of the molecule is CN(C)Cc1cccc(S(=O)(=O)N(C)c2ccc([C@H]3CCC[C@@H](C(=O)Nc4ccc(C(F)(F)F)cc4F)[C@@H]3C(=O)O)cc2)c1. The van der Waals surface area contributed by atoms with Crippen molar-refractivity contribution < 1.29 is 40.7 Å². The number of hydrogen-bond donors (Lipinski definition) is 2. The topological polar surface area (TPSA) is 107 Å². The first-order valence-corrected chi connectivity index (χ1v) is 15.3. The summed E-state index contributed by atoms with van der Waals surface area (Å²) in [5, 5.41) is 12.4. The molecular weight excluding hydrogens is 602 g/mol. The molecule has 13 heteroatoms. The van der Waals surface area contributed by atoms with E-state index >= 15 is 0 Å². The fraction of sp³-hybridized carbons (Fsp3) is 0.355. The van der Waals surface area contributed by atoms with Gasteiger partial charge in [0.15, 0.2) is 0 Å². The number of aliphatic carboxylic acids is 1. The minimum Gasteiger partial charge on any atom is -0.481 e. The number of sulfonamides is 1. The number of nitrogens with one attached hydrogen (secondary N) is 1. The molecule has 2 N–H and O–H groups in total. The third kappa shape index (κ3) is 7.21. The molecule has 0 heterocycles. The maximum Gasteiger partial charge on any atom is 0.416 e. The molecule has 0 bridgehead atoms.